The van der Waals surface area contributed by atoms with Crippen molar-refractivity contribution >= 4 is 5.91 Å². The summed E-state index contributed by atoms with van der Waals surface area (Å²) in [6.07, 6.45) is -2.21. The van der Waals surface area contributed by atoms with Gasteiger partial charge in [0.15, 0.2) is 0 Å². The van der Waals surface area contributed by atoms with Gasteiger partial charge in [0, 0.05) is 13.0 Å². The van der Waals surface area contributed by atoms with Gasteiger partial charge in [-0.25, -0.2) is 5.01 Å². The van der Waals surface area contributed by atoms with E-state index >= 15 is 0 Å². The molecule has 0 bridgehead atoms. The zero-order valence-electron chi connectivity index (χ0n) is 12.6. The van der Waals surface area contributed by atoms with Crippen molar-refractivity contribution in [3.8, 4) is 0 Å². The van der Waals surface area contributed by atoms with E-state index in [1.165, 1.54) is 11.1 Å². The lowest BCUT2D eigenvalue weighted by Gasteiger charge is -2.28. The number of hydrogen-bond acceptors (Lipinski definition) is 2. The van der Waals surface area contributed by atoms with Gasteiger partial charge in [0.1, 0.15) is 6.04 Å². The van der Waals surface area contributed by atoms with Crippen molar-refractivity contribution in [3.63, 3.8) is 0 Å². The predicted octanol–water partition coefficient (Wildman–Crippen LogP) is 3.38. The molecule has 1 atom stereocenters. The van der Waals surface area contributed by atoms with Gasteiger partial charge < -0.3 is 0 Å². The highest BCUT2D eigenvalue weighted by Gasteiger charge is 2.45. The van der Waals surface area contributed by atoms with Gasteiger partial charge >= 0.3 is 6.18 Å². The van der Waals surface area contributed by atoms with Crippen LogP contribution in [0.3, 0.4) is 0 Å². The fourth-order valence-electron chi connectivity index (χ4n) is 2.77. The van der Waals surface area contributed by atoms with Crippen LogP contribution in [0.2, 0.25) is 0 Å². The number of halogens is 3. The SMILES string of the molecule is Cc1ccccc1CCCCC(N1CCC(=O)N1)C(F)(F)F. The van der Waals surface area contributed by atoms with Gasteiger partial charge in [-0.15, -0.1) is 0 Å². The summed E-state index contributed by atoms with van der Waals surface area (Å²) in [5.74, 6) is -0.339. The van der Waals surface area contributed by atoms with Crippen LogP contribution in [0.5, 0.6) is 0 Å². The molecular weight excluding hydrogens is 293 g/mol. The number of nitrogens with zero attached hydrogens (tertiary/aromatic N) is 1. The molecule has 3 nitrogen and oxygen atoms in total. The van der Waals surface area contributed by atoms with Crippen LogP contribution >= 0.6 is 0 Å². The molecule has 1 fully saturated rings. The zero-order valence-corrected chi connectivity index (χ0v) is 12.6. The maximum atomic E-state index is 13.1. The molecule has 1 unspecified atom stereocenters. The number of hydrazine groups is 1. The molecule has 0 aromatic heterocycles. The highest BCUT2D eigenvalue weighted by atomic mass is 19.4. The first-order valence-corrected chi connectivity index (χ1v) is 7.55. The topological polar surface area (TPSA) is 32.3 Å². The van der Waals surface area contributed by atoms with Crippen molar-refractivity contribution in [3.05, 3.63) is 35.4 Å². The molecule has 1 aliphatic rings. The van der Waals surface area contributed by atoms with Crippen molar-refractivity contribution in [2.45, 2.75) is 51.2 Å². The third-order valence-corrected chi connectivity index (χ3v) is 4.04. The summed E-state index contributed by atoms with van der Waals surface area (Å²) >= 11 is 0. The number of amides is 1. The van der Waals surface area contributed by atoms with Crippen molar-refractivity contribution in [2.24, 2.45) is 0 Å². The standard InChI is InChI=1S/C16H21F3N2O/c1-12-6-2-3-7-13(12)8-4-5-9-14(16(17,18)19)21-11-10-15(22)20-21/h2-3,6-7,14H,4-5,8-11H2,1H3,(H,20,22). The third kappa shape index (κ3) is 4.47. The molecule has 0 spiro atoms. The predicted molar refractivity (Wildman–Crippen MR) is 78.0 cm³/mol. The molecule has 0 aliphatic carbocycles. The van der Waals surface area contributed by atoms with E-state index in [4.69, 9.17) is 0 Å². The normalized spacial score (nSPS) is 17.5. The minimum Gasteiger partial charge on any atom is -0.288 e. The van der Waals surface area contributed by atoms with E-state index in [1.807, 2.05) is 31.2 Å². The van der Waals surface area contributed by atoms with E-state index in [0.29, 0.717) is 12.8 Å². The van der Waals surface area contributed by atoms with Crippen LogP contribution in [0, 0.1) is 6.92 Å². The number of hydrogen-bond donors (Lipinski definition) is 1. The second kappa shape index (κ2) is 7.13. The number of carbonyl (C=O) groups is 1. The second-order valence-electron chi connectivity index (χ2n) is 5.71. The first-order valence-electron chi connectivity index (χ1n) is 7.55. The fraction of sp³-hybridized carbons (Fsp3) is 0.562. The molecule has 1 N–H and O–H groups in total. The van der Waals surface area contributed by atoms with Crippen LogP contribution in [-0.2, 0) is 11.2 Å². The van der Waals surface area contributed by atoms with Crippen LogP contribution in [-0.4, -0.2) is 29.7 Å². The summed E-state index contributed by atoms with van der Waals surface area (Å²) in [4.78, 5) is 11.1. The Kier molecular flexibility index (Phi) is 5.45. The number of benzene rings is 1. The minimum atomic E-state index is -4.32. The summed E-state index contributed by atoms with van der Waals surface area (Å²) in [6, 6.07) is 6.33. The number of unbranched alkanes of at least 4 members (excludes halogenated alkanes) is 1. The Morgan fingerprint density at radius 2 is 2.00 bits per heavy atom. The van der Waals surface area contributed by atoms with Crippen molar-refractivity contribution < 1.29 is 18.0 Å². The second-order valence-corrected chi connectivity index (χ2v) is 5.71. The van der Waals surface area contributed by atoms with Crippen LogP contribution in [0.4, 0.5) is 13.2 Å². The third-order valence-electron chi connectivity index (χ3n) is 4.04. The highest BCUT2D eigenvalue weighted by Crippen LogP contribution is 2.29. The maximum absolute atomic E-state index is 13.1. The Hall–Kier alpha value is -1.56. The quantitative estimate of drug-likeness (QED) is 0.817. The first kappa shape index (κ1) is 16.8. The van der Waals surface area contributed by atoms with E-state index in [1.54, 1.807) is 0 Å². The van der Waals surface area contributed by atoms with Crippen molar-refractivity contribution in [2.75, 3.05) is 6.54 Å². The van der Waals surface area contributed by atoms with E-state index < -0.39 is 12.2 Å². The largest absolute Gasteiger partial charge is 0.405 e. The molecule has 22 heavy (non-hydrogen) atoms. The van der Waals surface area contributed by atoms with Crippen LogP contribution in [0.15, 0.2) is 24.3 Å². The van der Waals surface area contributed by atoms with Gasteiger partial charge in [0.05, 0.1) is 0 Å². The van der Waals surface area contributed by atoms with E-state index in [9.17, 15) is 18.0 Å². The molecule has 1 aromatic rings. The van der Waals surface area contributed by atoms with Gasteiger partial charge in [0.2, 0.25) is 5.91 Å². The first-order chi connectivity index (χ1) is 10.4. The monoisotopic (exact) mass is 314 g/mol. The number of alkyl halides is 3. The van der Waals surface area contributed by atoms with E-state index in [-0.39, 0.29) is 25.3 Å². The lowest BCUT2D eigenvalue weighted by Crippen LogP contribution is -2.49. The Morgan fingerprint density at radius 1 is 1.27 bits per heavy atom. The summed E-state index contributed by atoms with van der Waals surface area (Å²) < 4.78 is 39.4. The number of rotatable bonds is 6. The fourth-order valence-corrected chi connectivity index (χ4v) is 2.77. The lowest BCUT2D eigenvalue weighted by atomic mass is 10.0. The smallest absolute Gasteiger partial charge is 0.288 e. The van der Waals surface area contributed by atoms with E-state index in [2.05, 4.69) is 5.43 Å². The van der Waals surface area contributed by atoms with Crippen LogP contribution < -0.4 is 5.43 Å². The van der Waals surface area contributed by atoms with Crippen molar-refractivity contribution in [1.82, 2.24) is 10.4 Å². The Bertz CT molecular complexity index is 516. The van der Waals surface area contributed by atoms with Gasteiger partial charge in [-0.1, -0.05) is 30.7 Å². The minimum absolute atomic E-state index is 0.00958. The molecule has 2 rings (SSSR count). The van der Waals surface area contributed by atoms with Gasteiger partial charge in [-0.05, 0) is 37.3 Å². The van der Waals surface area contributed by atoms with Gasteiger partial charge in [0.25, 0.3) is 0 Å². The molecule has 1 amide bonds. The van der Waals surface area contributed by atoms with Gasteiger partial charge in [-0.3, -0.25) is 10.2 Å². The summed E-state index contributed by atoms with van der Waals surface area (Å²) in [5, 5.41) is 1.04. The van der Waals surface area contributed by atoms with Crippen molar-refractivity contribution in [1.29, 1.82) is 0 Å². The molecule has 122 valence electrons. The lowest BCUT2D eigenvalue weighted by molar-refractivity contribution is -0.190. The Morgan fingerprint density at radius 3 is 2.59 bits per heavy atom. The number of nitrogens with one attached hydrogen (secondary N) is 1. The highest BCUT2D eigenvalue weighted by molar-refractivity contribution is 5.77. The Labute approximate surface area is 128 Å². The molecule has 6 heteroatoms. The number of aryl methyl sites for hydroxylation is 2. The maximum Gasteiger partial charge on any atom is 0.405 e. The molecule has 1 aliphatic heterocycles. The average molecular weight is 314 g/mol. The van der Waals surface area contributed by atoms with Crippen LogP contribution in [0.25, 0.3) is 0 Å². The molecule has 1 heterocycles. The molecule has 1 saturated heterocycles. The summed E-state index contributed by atoms with van der Waals surface area (Å²) in [5.41, 5.74) is 4.65. The number of carbonyl (C=O) groups excluding carboxylic acids is 1. The molecule has 1 aromatic carbocycles. The summed E-state index contributed by atoms with van der Waals surface area (Å²) in [6.45, 7) is 2.13. The molecule has 0 saturated carbocycles. The van der Waals surface area contributed by atoms with E-state index in [0.717, 1.165) is 11.4 Å². The Balaban J connectivity index is 1.84. The molecular formula is C16H21F3N2O. The zero-order chi connectivity index (χ0) is 16.2. The van der Waals surface area contributed by atoms with Crippen LogP contribution in [0.1, 0.15) is 36.8 Å². The molecule has 0 radical (unpaired) electrons. The van der Waals surface area contributed by atoms with Gasteiger partial charge in [-0.2, -0.15) is 13.2 Å². The average Bonchev–Trinajstić information content (AvgIpc) is 2.85. The summed E-state index contributed by atoms with van der Waals surface area (Å²) in [7, 11) is 0.